The first-order chi connectivity index (χ1) is 12.5. The van der Waals surface area contributed by atoms with Gasteiger partial charge in [-0.1, -0.05) is 15.9 Å². The molecule has 0 aliphatic carbocycles. The van der Waals surface area contributed by atoms with Crippen LogP contribution in [-0.4, -0.2) is 28.2 Å². The number of aromatic nitrogens is 1. The minimum Gasteiger partial charge on any atom is -0.493 e. The van der Waals surface area contributed by atoms with Gasteiger partial charge in [-0.15, -0.1) is 10.2 Å². The summed E-state index contributed by atoms with van der Waals surface area (Å²) in [5.41, 5.74) is 0.628. The third-order valence-electron chi connectivity index (χ3n) is 3.54. The molecule has 1 N–H and O–H groups in total. The summed E-state index contributed by atoms with van der Waals surface area (Å²) in [6.07, 6.45) is 1.35. The van der Waals surface area contributed by atoms with Crippen molar-refractivity contribution < 1.29 is 23.8 Å². The average Bonchev–Trinajstić information content (AvgIpc) is 3.22. The maximum Gasteiger partial charge on any atom is 0.331 e. The van der Waals surface area contributed by atoms with Gasteiger partial charge < -0.3 is 14.3 Å². The molecule has 0 saturated heterocycles. The maximum absolute atomic E-state index is 11.9. The summed E-state index contributed by atoms with van der Waals surface area (Å²) in [6.45, 7) is 1.73. The Morgan fingerprint density at radius 3 is 2.85 bits per heavy atom. The molecular weight excluding hydrogens is 406 g/mol. The van der Waals surface area contributed by atoms with Gasteiger partial charge in [-0.25, -0.2) is 0 Å². The van der Waals surface area contributed by atoms with E-state index in [-0.39, 0.29) is 30.5 Å². The van der Waals surface area contributed by atoms with E-state index in [1.54, 1.807) is 31.2 Å². The van der Waals surface area contributed by atoms with Crippen LogP contribution in [0.5, 0.6) is 5.88 Å². The van der Waals surface area contributed by atoms with Crippen molar-refractivity contribution in [2.24, 2.45) is 10.2 Å². The van der Waals surface area contributed by atoms with E-state index in [1.807, 2.05) is 0 Å². The fourth-order valence-corrected chi connectivity index (χ4v) is 2.80. The van der Waals surface area contributed by atoms with Gasteiger partial charge in [0.05, 0.1) is 18.4 Å². The lowest BCUT2D eigenvalue weighted by atomic mass is 10.2. The number of aromatic hydroxyl groups is 1. The molecule has 0 bridgehead atoms. The number of esters is 1. The molecule has 0 fully saturated rings. The van der Waals surface area contributed by atoms with Crippen molar-refractivity contribution >= 4 is 44.4 Å². The van der Waals surface area contributed by atoms with Crippen molar-refractivity contribution in [1.29, 1.82) is 0 Å². The highest BCUT2D eigenvalue weighted by atomic mass is 79.9. The molecule has 134 valence electrons. The van der Waals surface area contributed by atoms with Crippen LogP contribution < -0.4 is 0 Å². The smallest absolute Gasteiger partial charge is 0.331 e. The third kappa shape index (κ3) is 3.52. The normalized spacial score (nSPS) is 11.3. The molecule has 0 spiro atoms. The van der Waals surface area contributed by atoms with E-state index in [0.717, 1.165) is 4.47 Å². The van der Waals surface area contributed by atoms with Gasteiger partial charge in [0, 0.05) is 9.86 Å². The minimum absolute atomic E-state index is 0.0321. The van der Waals surface area contributed by atoms with Crippen LogP contribution in [0.2, 0.25) is 0 Å². The lowest BCUT2D eigenvalue weighted by Gasteiger charge is -2.06. The average molecular weight is 420 g/mol. The summed E-state index contributed by atoms with van der Waals surface area (Å²) in [5.74, 6) is -1.44. The quantitative estimate of drug-likeness (QED) is 0.492. The highest BCUT2D eigenvalue weighted by Crippen LogP contribution is 2.40. The lowest BCUT2D eigenvalue weighted by molar-refractivity contribution is -0.143. The van der Waals surface area contributed by atoms with Gasteiger partial charge in [0.25, 0.3) is 0 Å². The first kappa shape index (κ1) is 17.9. The molecule has 3 aromatic rings. The van der Waals surface area contributed by atoms with Crippen LogP contribution in [0, 0.1) is 0 Å². The predicted molar refractivity (Wildman–Crippen MR) is 95.5 cm³/mol. The Balaban J connectivity index is 2.04. The van der Waals surface area contributed by atoms with Crippen molar-refractivity contribution in [3.8, 4) is 5.88 Å². The Labute approximate surface area is 156 Å². The van der Waals surface area contributed by atoms with Crippen molar-refractivity contribution in [3.05, 3.63) is 46.8 Å². The summed E-state index contributed by atoms with van der Waals surface area (Å²) in [5, 5.41) is 18.5. The Morgan fingerprint density at radius 2 is 2.15 bits per heavy atom. The number of ether oxygens (including phenoxy) is 1. The van der Waals surface area contributed by atoms with Crippen molar-refractivity contribution in [2.45, 2.75) is 13.5 Å². The number of nitrogens with zero attached hydrogens (tertiary/aromatic N) is 3. The molecule has 0 aliphatic rings. The number of fused-ring (bicyclic) bond motifs is 1. The van der Waals surface area contributed by atoms with Crippen LogP contribution in [0.1, 0.15) is 17.5 Å². The summed E-state index contributed by atoms with van der Waals surface area (Å²) < 4.78 is 12.0. The molecule has 1 amide bonds. The third-order valence-corrected chi connectivity index (χ3v) is 4.03. The molecule has 9 heteroatoms. The van der Waals surface area contributed by atoms with E-state index in [4.69, 9.17) is 9.15 Å². The number of furan rings is 1. The molecule has 0 atom stereocenters. The maximum atomic E-state index is 11.9. The van der Waals surface area contributed by atoms with Crippen LogP contribution in [0.25, 0.3) is 10.9 Å². The number of carbonyl (C=O) groups excluding carboxylic acids is 2. The Kier molecular flexibility index (Phi) is 5.17. The second-order valence-electron chi connectivity index (χ2n) is 5.21. The van der Waals surface area contributed by atoms with E-state index in [0.29, 0.717) is 10.9 Å². The zero-order valence-corrected chi connectivity index (χ0v) is 15.3. The molecule has 2 heterocycles. The summed E-state index contributed by atoms with van der Waals surface area (Å²) in [6, 6.07) is 8.21. The fraction of sp³-hybridized carbons (Fsp3) is 0.176. The van der Waals surface area contributed by atoms with Crippen molar-refractivity contribution in [2.75, 3.05) is 6.61 Å². The molecule has 1 aromatic carbocycles. The first-order valence-electron chi connectivity index (χ1n) is 7.67. The molecule has 0 saturated carbocycles. The number of amides is 1. The number of hydrogen-bond acceptors (Lipinski definition) is 6. The monoisotopic (exact) mass is 419 g/mol. The summed E-state index contributed by atoms with van der Waals surface area (Å²) in [4.78, 5) is 23.8. The predicted octanol–water partition coefficient (Wildman–Crippen LogP) is 4.19. The standard InChI is InChI=1S/C17H14BrN3O5/c1-2-25-14(22)9-21-12-6-5-10(18)8-11(12)15(17(21)24)19-20-16(23)13-4-3-7-26-13/h3-8,24H,2,9H2,1H3. The molecule has 8 nitrogen and oxygen atoms in total. The van der Waals surface area contributed by atoms with E-state index >= 15 is 0 Å². The zero-order valence-electron chi connectivity index (χ0n) is 13.7. The van der Waals surface area contributed by atoms with Crippen LogP contribution in [0.4, 0.5) is 5.69 Å². The molecule has 2 aromatic heterocycles. The largest absolute Gasteiger partial charge is 0.493 e. The summed E-state index contributed by atoms with van der Waals surface area (Å²) in [7, 11) is 0. The van der Waals surface area contributed by atoms with Gasteiger partial charge in [0.15, 0.2) is 11.4 Å². The Hall–Kier alpha value is -2.94. The topological polar surface area (TPSA) is 106 Å². The van der Waals surface area contributed by atoms with Gasteiger partial charge >= 0.3 is 11.9 Å². The van der Waals surface area contributed by atoms with E-state index in [9.17, 15) is 14.7 Å². The van der Waals surface area contributed by atoms with Crippen LogP contribution in [0.15, 0.2) is 55.7 Å². The molecule has 0 radical (unpaired) electrons. The first-order valence-corrected chi connectivity index (χ1v) is 8.46. The zero-order chi connectivity index (χ0) is 18.7. The number of halogens is 1. The number of hydrogen-bond donors (Lipinski definition) is 1. The van der Waals surface area contributed by atoms with Crippen LogP contribution >= 0.6 is 15.9 Å². The second kappa shape index (κ2) is 7.52. The van der Waals surface area contributed by atoms with E-state index in [2.05, 4.69) is 26.2 Å². The Bertz CT molecular complexity index is 992. The van der Waals surface area contributed by atoms with E-state index < -0.39 is 11.9 Å². The lowest BCUT2D eigenvalue weighted by Crippen LogP contribution is -2.12. The number of benzene rings is 1. The summed E-state index contributed by atoms with van der Waals surface area (Å²) >= 11 is 3.35. The highest BCUT2D eigenvalue weighted by Gasteiger charge is 2.20. The second-order valence-corrected chi connectivity index (χ2v) is 6.12. The van der Waals surface area contributed by atoms with Gasteiger partial charge in [-0.2, -0.15) is 0 Å². The van der Waals surface area contributed by atoms with Crippen LogP contribution in [0.3, 0.4) is 0 Å². The van der Waals surface area contributed by atoms with Crippen LogP contribution in [-0.2, 0) is 16.1 Å². The van der Waals surface area contributed by atoms with Gasteiger partial charge in [0.1, 0.15) is 6.54 Å². The molecule has 0 unspecified atom stereocenters. The van der Waals surface area contributed by atoms with Gasteiger partial charge in [-0.3, -0.25) is 14.2 Å². The minimum atomic E-state index is -0.685. The van der Waals surface area contributed by atoms with Crippen molar-refractivity contribution in [3.63, 3.8) is 0 Å². The number of azo groups is 1. The van der Waals surface area contributed by atoms with Gasteiger partial charge in [-0.05, 0) is 37.3 Å². The molecular formula is C17H14BrN3O5. The molecule has 26 heavy (non-hydrogen) atoms. The number of carbonyl (C=O) groups is 2. The van der Waals surface area contributed by atoms with Gasteiger partial charge in [0.2, 0.25) is 5.88 Å². The van der Waals surface area contributed by atoms with Crippen molar-refractivity contribution in [1.82, 2.24) is 4.57 Å². The highest BCUT2D eigenvalue weighted by molar-refractivity contribution is 9.10. The van der Waals surface area contributed by atoms with E-state index in [1.165, 1.54) is 16.9 Å². The SMILES string of the molecule is CCOC(=O)Cn1c(O)c(N=NC(=O)c2ccco2)c2cc(Br)ccc21. The Morgan fingerprint density at radius 1 is 1.35 bits per heavy atom. The molecule has 3 rings (SSSR count). The fourth-order valence-electron chi connectivity index (χ4n) is 2.44. The number of rotatable bonds is 5. The molecule has 0 aliphatic heterocycles.